The minimum absolute atomic E-state index is 0.131. The van der Waals surface area contributed by atoms with E-state index in [1.54, 1.807) is 24.5 Å². The van der Waals surface area contributed by atoms with Gasteiger partial charge in [0.15, 0.2) is 5.82 Å². The molecular weight excluding hydrogens is 806 g/mol. The number of piperidine rings is 1. The van der Waals surface area contributed by atoms with Gasteiger partial charge in [0.25, 0.3) is 0 Å². The number of anilines is 2. The van der Waals surface area contributed by atoms with Crippen molar-refractivity contribution >= 4 is 28.4 Å². The van der Waals surface area contributed by atoms with Crippen molar-refractivity contribution in [2.45, 2.75) is 78.2 Å². The number of phenolic OH excluding ortho intramolecular Hbond substituents is 1. The van der Waals surface area contributed by atoms with E-state index in [4.69, 9.17) is 9.73 Å². The number of aromatic nitrogens is 3. The lowest BCUT2D eigenvalue weighted by Gasteiger charge is -2.40. The number of rotatable bonds is 8. The Balaban J connectivity index is 0.777. The largest absolute Gasteiger partial charge is 0.508 e. The second-order valence-corrected chi connectivity index (χ2v) is 19.5. The van der Waals surface area contributed by atoms with E-state index >= 15 is 4.39 Å². The van der Waals surface area contributed by atoms with Crippen LogP contribution < -0.4 is 14.5 Å². The Morgan fingerprint density at radius 3 is 2.25 bits per heavy atom. The van der Waals surface area contributed by atoms with Gasteiger partial charge in [-0.25, -0.2) is 4.39 Å². The van der Waals surface area contributed by atoms with Crippen LogP contribution in [0.4, 0.5) is 15.8 Å². The number of nitrogens with zero attached hydrogens (tertiary/aromatic N) is 7. The van der Waals surface area contributed by atoms with Crippen molar-refractivity contribution in [1.29, 1.82) is 0 Å². The highest BCUT2D eigenvalue weighted by Gasteiger charge is 2.35. The Kier molecular flexibility index (Phi) is 11.1. The summed E-state index contributed by atoms with van der Waals surface area (Å²) in [5, 5.41) is 20.2. The van der Waals surface area contributed by atoms with E-state index in [0.717, 1.165) is 111 Å². The fraction of sp³-hybridized carbons (Fsp3) is 0.404. The number of hydrogen-bond donors (Lipinski definition) is 1. The maximum Gasteiger partial charge on any atom is 0.162 e. The van der Waals surface area contributed by atoms with Crippen molar-refractivity contribution < 1.29 is 14.2 Å². The van der Waals surface area contributed by atoms with Crippen LogP contribution in [-0.2, 0) is 6.42 Å². The van der Waals surface area contributed by atoms with E-state index in [2.05, 4.69) is 105 Å². The second kappa shape index (κ2) is 16.9. The SMILES string of the molecule is COc1cc(N2CCN(CC3CCN(c4ccc(C5=N[C@@H](C)c6nnc(C)n6-c6sc(C)c(C)c65)c(F)c4)CC3)CC2)ccc1[C@@H]1c2ccc(O)cc2CC[C@@H]1c1ccc(C)cc1. The molecule has 1 aliphatic carbocycles. The van der Waals surface area contributed by atoms with Crippen LogP contribution in [0.1, 0.15) is 105 Å². The summed E-state index contributed by atoms with van der Waals surface area (Å²) in [6, 6.07) is 27.2. The third-order valence-electron chi connectivity index (χ3n) is 14.4. The maximum atomic E-state index is 16.3. The summed E-state index contributed by atoms with van der Waals surface area (Å²) in [6.07, 6.45) is 4.14. The summed E-state index contributed by atoms with van der Waals surface area (Å²) in [6.45, 7) is 17.3. The van der Waals surface area contributed by atoms with Gasteiger partial charge in [-0.2, -0.15) is 0 Å². The fourth-order valence-electron chi connectivity index (χ4n) is 10.8. The number of halogens is 1. The van der Waals surface area contributed by atoms with E-state index in [1.807, 2.05) is 32.0 Å². The number of hydrogen-bond acceptors (Lipinski definition) is 9. The van der Waals surface area contributed by atoms with Crippen LogP contribution in [0.25, 0.3) is 5.00 Å². The van der Waals surface area contributed by atoms with E-state index in [9.17, 15) is 5.11 Å². The average Bonchev–Trinajstić information content (AvgIpc) is 3.79. The van der Waals surface area contributed by atoms with Gasteiger partial charge in [-0.05, 0) is 131 Å². The molecule has 63 heavy (non-hydrogen) atoms. The van der Waals surface area contributed by atoms with Gasteiger partial charge >= 0.3 is 0 Å². The molecule has 0 spiro atoms. The van der Waals surface area contributed by atoms with Crippen molar-refractivity contribution in [1.82, 2.24) is 19.7 Å². The zero-order chi connectivity index (χ0) is 43.5. The zero-order valence-corrected chi connectivity index (χ0v) is 38.2. The molecule has 0 saturated carbocycles. The molecule has 9 nitrogen and oxygen atoms in total. The first-order chi connectivity index (χ1) is 30.5. The number of methoxy groups -OCH3 is 1. The van der Waals surface area contributed by atoms with Gasteiger partial charge in [0.1, 0.15) is 34.2 Å². The Morgan fingerprint density at radius 2 is 1.51 bits per heavy atom. The summed E-state index contributed by atoms with van der Waals surface area (Å²) in [5.41, 5.74) is 11.8. The smallest absolute Gasteiger partial charge is 0.162 e. The van der Waals surface area contributed by atoms with Crippen molar-refractivity contribution in [2.24, 2.45) is 10.9 Å². The minimum Gasteiger partial charge on any atom is -0.508 e. The van der Waals surface area contributed by atoms with Crippen LogP contribution in [-0.4, -0.2) is 83.4 Å². The molecule has 2 saturated heterocycles. The first-order valence-corrected chi connectivity index (χ1v) is 23.5. The van der Waals surface area contributed by atoms with E-state index in [0.29, 0.717) is 28.9 Å². The highest BCUT2D eigenvalue weighted by Crippen LogP contribution is 2.50. The molecule has 11 heteroatoms. The van der Waals surface area contributed by atoms with E-state index in [1.165, 1.54) is 38.4 Å². The molecule has 2 fully saturated rings. The molecule has 0 radical (unpaired) electrons. The number of piperazine rings is 1. The molecule has 0 amide bonds. The van der Waals surface area contributed by atoms with Crippen molar-refractivity contribution in [3.05, 3.63) is 146 Å². The van der Waals surface area contributed by atoms with Gasteiger partial charge < -0.3 is 19.6 Å². The van der Waals surface area contributed by atoms with Crippen molar-refractivity contribution in [3.63, 3.8) is 0 Å². The Hall–Kier alpha value is -5.52. The molecule has 10 rings (SSSR count). The predicted octanol–water partition coefficient (Wildman–Crippen LogP) is 10.2. The average molecular weight is 864 g/mol. The normalized spacial score (nSPS) is 20.5. The molecule has 0 unspecified atom stereocenters. The molecule has 2 aromatic heterocycles. The molecular formula is C52H58FN7O2S. The van der Waals surface area contributed by atoms with Crippen LogP contribution in [0.5, 0.6) is 11.5 Å². The molecule has 326 valence electrons. The van der Waals surface area contributed by atoms with Crippen LogP contribution in [0.2, 0.25) is 0 Å². The molecule has 0 bridgehead atoms. The molecule has 4 aliphatic rings. The lowest BCUT2D eigenvalue weighted by Crippen LogP contribution is -2.49. The van der Waals surface area contributed by atoms with Crippen LogP contribution in [0, 0.1) is 39.4 Å². The Morgan fingerprint density at radius 1 is 0.794 bits per heavy atom. The third-order valence-corrected chi connectivity index (χ3v) is 15.6. The van der Waals surface area contributed by atoms with Crippen LogP contribution in [0.15, 0.2) is 83.9 Å². The second-order valence-electron chi connectivity index (χ2n) is 18.3. The third kappa shape index (κ3) is 7.71. The number of aliphatic imine (C=N–C) groups is 1. The Labute approximate surface area is 374 Å². The number of aryl methyl sites for hydroxylation is 4. The number of phenols is 1. The number of thiophene rings is 1. The predicted molar refractivity (Wildman–Crippen MR) is 253 cm³/mol. The van der Waals surface area contributed by atoms with Crippen molar-refractivity contribution in [2.75, 3.05) is 62.7 Å². The molecule has 3 atom stereocenters. The van der Waals surface area contributed by atoms with Crippen molar-refractivity contribution in [3.8, 4) is 16.5 Å². The van der Waals surface area contributed by atoms with E-state index < -0.39 is 0 Å². The fourth-order valence-corrected chi connectivity index (χ4v) is 12.0. The van der Waals surface area contributed by atoms with Gasteiger partial charge in [-0.15, -0.1) is 21.5 Å². The summed E-state index contributed by atoms with van der Waals surface area (Å²) >= 11 is 1.70. The van der Waals surface area contributed by atoms with Crippen LogP contribution in [0.3, 0.4) is 0 Å². The molecule has 1 N–H and O–H groups in total. The first kappa shape index (κ1) is 41.5. The highest BCUT2D eigenvalue weighted by molar-refractivity contribution is 7.15. The van der Waals surface area contributed by atoms with Gasteiger partial charge in [0.05, 0.1) is 12.8 Å². The Bertz CT molecular complexity index is 2690. The zero-order valence-electron chi connectivity index (χ0n) is 37.4. The molecule has 3 aliphatic heterocycles. The summed E-state index contributed by atoms with van der Waals surface area (Å²) in [7, 11) is 1.80. The number of benzene rings is 4. The number of aromatic hydroxyl groups is 1. The summed E-state index contributed by atoms with van der Waals surface area (Å²) in [5.74, 6) is 3.69. The van der Waals surface area contributed by atoms with Gasteiger partial charge in [-0.3, -0.25) is 14.5 Å². The standard InChI is InChI=1S/C52H58FN7O2S/c1-31-7-9-37(10-8-31)42-15-11-38-27-41(61)14-18-43(38)49(42)45-17-13-40(29-47(45)62-6)59-25-23-57(24-26-59)30-36-19-21-58(22-20-36)39-12-16-44(46(53)28-39)50-48-32(2)34(4)63-52(48)60-35(5)55-56-51(60)33(3)54-50/h7-10,12-14,16-18,27-29,33,36,42,49,61H,11,15,19-26,30H2,1-6H3/t33-,42+,49-/m0/s1. The topological polar surface area (TPSA) is 82.2 Å². The summed E-state index contributed by atoms with van der Waals surface area (Å²) in [4.78, 5) is 13.8. The van der Waals surface area contributed by atoms with E-state index in [-0.39, 0.29) is 17.8 Å². The quantitative estimate of drug-likeness (QED) is 0.163. The minimum atomic E-state index is -0.252. The van der Waals surface area contributed by atoms with Gasteiger partial charge in [-0.1, -0.05) is 42.0 Å². The first-order valence-electron chi connectivity index (χ1n) is 22.7. The molecule has 5 heterocycles. The lowest BCUT2D eigenvalue weighted by atomic mass is 9.69. The highest BCUT2D eigenvalue weighted by atomic mass is 32.1. The monoisotopic (exact) mass is 863 g/mol. The molecule has 4 aromatic carbocycles. The van der Waals surface area contributed by atoms with Gasteiger partial charge in [0, 0.05) is 90.7 Å². The maximum absolute atomic E-state index is 16.3. The van der Waals surface area contributed by atoms with Gasteiger partial charge in [0.2, 0.25) is 0 Å². The summed E-state index contributed by atoms with van der Waals surface area (Å²) < 4.78 is 24.6. The number of fused-ring (bicyclic) bond motifs is 4. The van der Waals surface area contributed by atoms with Crippen LogP contribution >= 0.6 is 11.3 Å². The number of ether oxygens (including phenoxy) is 1. The lowest BCUT2D eigenvalue weighted by molar-refractivity contribution is 0.201. The molecule has 6 aromatic rings.